The van der Waals surface area contributed by atoms with Gasteiger partial charge in [0.25, 0.3) is 0 Å². The highest BCUT2D eigenvalue weighted by Gasteiger charge is 2.28. The summed E-state index contributed by atoms with van der Waals surface area (Å²) in [4.78, 5) is 11.8. The quantitative estimate of drug-likeness (QED) is 0.696. The third-order valence-electron chi connectivity index (χ3n) is 3.23. The number of hydrogen-bond acceptors (Lipinski definition) is 2. The number of nitrogens with one attached hydrogen (secondary N) is 2. The van der Waals surface area contributed by atoms with Crippen LogP contribution in [0.5, 0.6) is 0 Å². The van der Waals surface area contributed by atoms with Crippen LogP contribution < -0.4 is 10.6 Å². The third-order valence-corrected chi connectivity index (χ3v) is 3.23. The molecule has 1 aliphatic rings. The fraction of sp³-hybridized carbons (Fsp3) is 0.923. The summed E-state index contributed by atoms with van der Waals surface area (Å²) in [6, 6.07) is 0.529. The highest BCUT2D eigenvalue weighted by Crippen LogP contribution is 2.33. The maximum Gasteiger partial charge on any atom is 0.226 e. The fourth-order valence-electron chi connectivity index (χ4n) is 1.85. The molecular weight excluding hydrogens is 200 g/mol. The second-order valence-electron chi connectivity index (χ2n) is 5.70. The molecule has 0 aromatic rings. The molecule has 1 atom stereocenters. The van der Waals surface area contributed by atoms with Crippen molar-refractivity contribution in [3.05, 3.63) is 0 Å². The largest absolute Gasteiger partial charge is 0.356 e. The van der Waals surface area contributed by atoms with Crippen molar-refractivity contribution in [3.63, 3.8) is 0 Å². The molecular formula is C13H26N2O. The number of carbonyl (C=O) groups excluding carboxylic acids is 1. The molecule has 94 valence electrons. The van der Waals surface area contributed by atoms with E-state index in [1.807, 2.05) is 20.8 Å². The van der Waals surface area contributed by atoms with Crippen molar-refractivity contribution < 1.29 is 4.79 Å². The van der Waals surface area contributed by atoms with Gasteiger partial charge in [0, 0.05) is 19.1 Å². The standard InChI is InChI=1S/C13H26N2O/c1-5-14-12(16)13(3,4)9-15-10(2)8-11-6-7-11/h10-11,15H,5-9H2,1-4H3,(H,14,16). The second-order valence-corrected chi connectivity index (χ2v) is 5.70. The molecule has 1 rings (SSSR count). The van der Waals surface area contributed by atoms with Crippen LogP contribution >= 0.6 is 0 Å². The molecule has 0 bridgehead atoms. The third kappa shape index (κ3) is 4.52. The van der Waals surface area contributed by atoms with Gasteiger partial charge in [0.15, 0.2) is 0 Å². The zero-order valence-electron chi connectivity index (χ0n) is 11.1. The minimum atomic E-state index is -0.312. The molecule has 1 amide bonds. The highest BCUT2D eigenvalue weighted by molar-refractivity contribution is 5.81. The average molecular weight is 226 g/mol. The Kier molecular flexibility index (Phi) is 4.78. The normalized spacial score (nSPS) is 18.2. The first-order valence-electron chi connectivity index (χ1n) is 6.47. The smallest absolute Gasteiger partial charge is 0.226 e. The summed E-state index contributed by atoms with van der Waals surface area (Å²) in [5.41, 5.74) is -0.312. The molecule has 3 nitrogen and oxygen atoms in total. The zero-order valence-corrected chi connectivity index (χ0v) is 11.1. The summed E-state index contributed by atoms with van der Waals surface area (Å²) in [5, 5.41) is 6.36. The first kappa shape index (κ1) is 13.5. The molecule has 1 aliphatic carbocycles. The van der Waals surface area contributed by atoms with Crippen molar-refractivity contribution in [2.24, 2.45) is 11.3 Å². The van der Waals surface area contributed by atoms with Gasteiger partial charge in [-0.1, -0.05) is 12.8 Å². The Morgan fingerprint density at radius 1 is 1.44 bits per heavy atom. The van der Waals surface area contributed by atoms with E-state index < -0.39 is 0 Å². The molecule has 0 aliphatic heterocycles. The van der Waals surface area contributed by atoms with Crippen LogP contribution in [0, 0.1) is 11.3 Å². The number of rotatable bonds is 7. The van der Waals surface area contributed by atoms with E-state index in [1.54, 1.807) is 0 Å². The molecule has 1 saturated carbocycles. The highest BCUT2D eigenvalue weighted by atomic mass is 16.2. The monoisotopic (exact) mass is 226 g/mol. The maximum absolute atomic E-state index is 11.8. The lowest BCUT2D eigenvalue weighted by Crippen LogP contribution is -2.45. The SMILES string of the molecule is CCNC(=O)C(C)(C)CNC(C)CC1CC1. The van der Waals surface area contributed by atoms with Gasteiger partial charge in [0.05, 0.1) is 5.41 Å². The molecule has 0 aromatic heterocycles. The predicted octanol–water partition coefficient (Wildman–Crippen LogP) is 1.93. The molecule has 0 spiro atoms. The van der Waals surface area contributed by atoms with E-state index in [-0.39, 0.29) is 11.3 Å². The second kappa shape index (κ2) is 5.67. The van der Waals surface area contributed by atoms with E-state index >= 15 is 0 Å². The Labute approximate surface area is 99.4 Å². The van der Waals surface area contributed by atoms with Crippen LogP contribution in [0.3, 0.4) is 0 Å². The van der Waals surface area contributed by atoms with Crippen LogP contribution in [0.15, 0.2) is 0 Å². The van der Waals surface area contributed by atoms with E-state index in [1.165, 1.54) is 19.3 Å². The Hall–Kier alpha value is -0.570. The van der Waals surface area contributed by atoms with Crippen LogP contribution in [0.4, 0.5) is 0 Å². The van der Waals surface area contributed by atoms with Crippen LogP contribution in [0.2, 0.25) is 0 Å². The molecule has 0 saturated heterocycles. The van der Waals surface area contributed by atoms with Crippen molar-refractivity contribution in [2.75, 3.05) is 13.1 Å². The van der Waals surface area contributed by atoms with Gasteiger partial charge in [-0.2, -0.15) is 0 Å². The van der Waals surface area contributed by atoms with E-state index in [4.69, 9.17) is 0 Å². The van der Waals surface area contributed by atoms with E-state index in [2.05, 4.69) is 17.6 Å². The van der Waals surface area contributed by atoms with Crippen LogP contribution in [0.25, 0.3) is 0 Å². The summed E-state index contributed by atoms with van der Waals surface area (Å²) in [7, 11) is 0. The van der Waals surface area contributed by atoms with Crippen molar-refractivity contribution >= 4 is 5.91 Å². The van der Waals surface area contributed by atoms with E-state index in [0.29, 0.717) is 12.6 Å². The van der Waals surface area contributed by atoms with Crippen molar-refractivity contribution in [3.8, 4) is 0 Å². The summed E-state index contributed by atoms with van der Waals surface area (Å²) in [5.74, 6) is 1.08. The Balaban J connectivity index is 2.24. The lowest BCUT2D eigenvalue weighted by atomic mass is 9.91. The Morgan fingerprint density at radius 2 is 2.06 bits per heavy atom. The van der Waals surface area contributed by atoms with Gasteiger partial charge in [-0.25, -0.2) is 0 Å². The van der Waals surface area contributed by atoms with Gasteiger partial charge in [-0.05, 0) is 40.0 Å². The van der Waals surface area contributed by atoms with Crippen LogP contribution in [-0.4, -0.2) is 25.0 Å². The number of amides is 1. The van der Waals surface area contributed by atoms with Gasteiger partial charge in [-0.15, -0.1) is 0 Å². The Morgan fingerprint density at radius 3 is 2.56 bits per heavy atom. The molecule has 3 heteroatoms. The summed E-state index contributed by atoms with van der Waals surface area (Å²) >= 11 is 0. The lowest BCUT2D eigenvalue weighted by Gasteiger charge is -2.26. The molecule has 0 radical (unpaired) electrons. The Bertz CT molecular complexity index is 234. The van der Waals surface area contributed by atoms with Crippen LogP contribution in [0.1, 0.15) is 47.0 Å². The van der Waals surface area contributed by atoms with Gasteiger partial charge in [0.1, 0.15) is 0 Å². The molecule has 0 aromatic carbocycles. The molecule has 1 unspecified atom stereocenters. The number of carbonyl (C=O) groups is 1. The van der Waals surface area contributed by atoms with E-state index in [9.17, 15) is 4.79 Å². The first-order chi connectivity index (χ1) is 7.45. The molecule has 2 N–H and O–H groups in total. The minimum Gasteiger partial charge on any atom is -0.356 e. The lowest BCUT2D eigenvalue weighted by molar-refractivity contribution is -0.129. The van der Waals surface area contributed by atoms with Crippen molar-refractivity contribution in [1.29, 1.82) is 0 Å². The predicted molar refractivity (Wildman–Crippen MR) is 67.3 cm³/mol. The van der Waals surface area contributed by atoms with Crippen molar-refractivity contribution in [1.82, 2.24) is 10.6 Å². The summed E-state index contributed by atoms with van der Waals surface area (Å²) < 4.78 is 0. The summed E-state index contributed by atoms with van der Waals surface area (Å²) in [6.45, 7) is 9.62. The molecule has 16 heavy (non-hydrogen) atoms. The molecule has 1 fully saturated rings. The molecule has 0 heterocycles. The fourth-order valence-corrected chi connectivity index (χ4v) is 1.85. The van der Waals surface area contributed by atoms with Gasteiger partial charge in [-0.3, -0.25) is 4.79 Å². The zero-order chi connectivity index (χ0) is 12.2. The van der Waals surface area contributed by atoms with Crippen molar-refractivity contribution in [2.45, 2.75) is 53.0 Å². The number of hydrogen-bond donors (Lipinski definition) is 2. The van der Waals surface area contributed by atoms with Crippen LogP contribution in [-0.2, 0) is 4.79 Å². The topological polar surface area (TPSA) is 41.1 Å². The summed E-state index contributed by atoms with van der Waals surface area (Å²) in [6.07, 6.45) is 4.04. The average Bonchev–Trinajstić information content (AvgIpc) is 2.99. The van der Waals surface area contributed by atoms with Gasteiger partial charge >= 0.3 is 0 Å². The maximum atomic E-state index is 11.8. The first-order valence-corrected chi connectivity index (χ1v) is 6.47. The van der Waals surface area contributed by atoms with E-state index in [0.717, 1.165) is 12.5 Å². The minimum absolute atomic E-state index is 0.140. The van der Waals surface area contributed by atoms with Gasteiger partial charge in [0.2, 0.25) is 5.91 Å². The van der Waals surface area contributed by atoms with Gasteiger partial charge < -0.3 is 10.6 Å².